The first-order chi connectivity index (χ1) is 9.36. The lowest BCUT2D eigenvalue weighted by atomic mass is 10.1. The van der Waals surface area contributed by atoms with Gasteiger partial charge in [-0.05, 0) is 11.1 Å². The molecule has 2 aromatic carbocycles. The van der Waals surface area contributed by atoms with Gasteiger partial charge in [0.2, 0.25) is 12.4 Å². The van der Waals surface area contributed by atoms with Crippen LogP contribution in [0.1, 0.15) is 0 Å². The maximum atomic E-state index is 5.23. The molecule has 3 nitrogen and oxygen atoms in total. The lowest BCUT2D eigenvalue weighted by Crippen LogP contribution is -2.43. The molecule has 0 atom stereocenters. The van der Waals surface area contributed by atoms with Gasteiger partial charge in [0.15, 0.2) is 0 Å². The Labute approximate surface area is 113 Å². The lowest BCUT2D eigenvalue weighted by Gasteiger charge is -1.98. The van der Waals surface area contributed by atoms with E-state index in [4.69, 9.17) is 5.84 Å². The Balaban J connectivity index is 0.000000163. The van der Waals surface area contributed by atoms with Crippen molar-refractivity contribution in [2.75, 3.05) is 5.84 Å². The van der Waals surface area contributed by atoms with Gasteiger partial charge in [0.25, 0.3) is 0 Å². The summed E-state index contributed by atoms with van der Waals surface area (Å²) in [5.41, 5.74) is 2.55. The molecule has 19 heavy (non-hydrogen) atoms. The highest BCUT2D eigenvalue weighted by molar-refractivity contribution is 5.62. The number of rotatable bonds is 1. The van der Waals surface area contributed by atoms with Gasteiger partial charge < -0.3 is 0 Å². The van der Waals surface area contributed by atoms with Crippen molar-refractivity contribution >= 4 is 0 Å². The van der Waals surface area contributed by atoms with Crippen LogP contribution in [0.15, 0.2) is 85.5 Å². The van der Waals surface area contributed by atoms with E-state index in [0.717, 1.165) is 0 Å². The first-order valence-corrected chi connectivity index (χ1v) is 6.03. The maximum Gasteiger partial charge on any atom is 0.217 e. The third kappa shape index (κ3) is 4.24. The maximum absolute atomic E-state index is 5.23. The van der Waals surface area contributed by atoms with Crippen molar-refractivity contribution in [3.8, 4) is 11.1 Å². The van der Waals surface area contributed by atoms with Crippen LogP contribution in [0.3, 0.4) is 0 Å². The molecule has 1 heterocycles. The molecule has 0 amide bonds. The smallest absolute Gasteiger partial charge is 0.217 e. The number of nitrogens with zero attached hydrogens (tertiary/aromatic N) is 2. The Kier molecular flexibility index (Phi) is 4.64. The number of hydrogen-bond acceptors (Lipinski definition) is 2. The molecule has 1 aromatic heterocycles. The van der Waals surface area contributed by atoms with E-state index in [2.05, 4.69) is 53.5 Å². The van der Waals surface area contributed by atoms with E-state index in [1.165, 1.54) is 15.8 Å². The van der Waals surface area contributed by atoms with Gasteiger partial charge in [0.05, 0.1) is 12.4 Å². The van der Waals surface area contributed by atoms with Crippen LogP contribution in [-0.4, -0.2) is 4.98 Å². The average molecular weight is 250 g/mol. The molecule has 0 saturated carbocycles. The highest BCUT2D eigenvalue weighted by Crippen LogP contribution is 2.17. The number of aromatic nitrogens is 2. The normalized spacial score (nSPS) is 9.26. The van der Waals surface area contributed by atoms with Crippen molar-refractivity contribution in [3.05, 3.63) is 85.5 Å². The summed E-state index contributed by atoms with van der Waals surface area (Å²) in [7, 11) is 0. The SMILES string of the molecule is N[n+]1ccncc1.c1ccc(-c2ccccc2)cc1. The van der Waals surface area contributed by atoms with Gasteiger partial charge in [-0.15, -0.1) is 0 Å². The first-order valence-electron chi connectivity index (χ1n) is 6.03. The Morgan fingerprint density at radius 2 is 1.11 bits per heavy atom. The predicted molar refractivity (Wildman–Crippen MR) is 76.5 cm³/mol. The molecule has 0 saturated heterocycles. The Morgan fingerprint density at radius 3 is 1.42 bits per heavy atom. The molecular formula is C16H16N3+. The molecular weight excluding hydrogens is 234 g/mol. The Morgan fingerprint density at radius 1 is 0.684 bits per heavy atom. The topological polar surface area (TPSA) is 42.8 Å². The summed E-state index contributed by atoms with van der Waals surface area (Å²) in [6, 6.07) is 20.8. The summed E-state index contributed by atoms with van der Waals surface area (Å²) in [5.74, 6) is 5.23. The zero-order valence-electron chi connectivity index (χ0n) is 10.6. The van der Waals surface area contributed by atoms with E-state index < -0.39 is 0 Å². The van der Waals surface area contributed by atoms with Crippen LogP contribution in [-0.2, 0) is 0 Å². The van der Waals surface area contributed by atoms with Crippen molar-refractivity contribution in [3.63, 3.8) is 0 Å². The number of hydrogen-bond donors (Lipinski definition) is 1. The van der Waals surface area contributed by atoms with Gasteiger partial charge in [0.1, 0.15) is 0 Å². The van der Waals surface area contributed by atoms with Crippen molar-refractivity contribution < 1.29 is 4.68 Å². The molecule has 0 radical (unpaired) electrons. The van der Waals surface area contributed by atoms with Crippen molar-refractivity contribution in [2.24, 2.45) is 0 Å². The summed E-state index contributed by atoms with van der Waals surface area (Å²) in [4.78, 5) is 3.74. The quantitative estimate of drug-likeness (QED) is 0.532. The van der Waals surface area contributed by atoms with Gasteiger partial charge in [-0.3, -0.25) is 4.98 Å². The predicted octanol–water partition coefficient (Wildman–Crippen LogP) is 2.44. The van der Waals surface area contributed by atoms with Crippen molar-refractivity contribution in [1.29, 1.82) is 0 Å². The number of nitrogens with two attached hydrogens (primary N) is 1. The molecule has 0 aliphatic heterocycles. The lowest BCUT2D eigenvalue weighted by molar-refractivity contribution is -0.639. The van der Waals surface area contributed by atoms with Crippen LogP contribution < -0.4 is 10.5 Å². The van der Waals surface area contributed by atoms with Crippen LogP contribution in [0, 0.1) is 0 Å². The van der Waals surface area contributed by atoms with Crippen LogP contribution >= 0.6 is 0 Å². The van der Waals surface area contributed by atoms with E-state index in [-0.39, 0.29) is 0 Å². The number of nitrogen functional groups attached to an aromatic ring is 1. The average Bonchev–Trinajstić information content (AvgIpc) is 2.51. The summed E-state index contributed by atoms with van der Waals surface area (Å²) in [5, 5.41) is 0. The fourth-order valence-electron chi connectivity index (χ4n) is 1.59. The van der Waals surface area contributed by atoms with Gasteiger partial charge in [-0.25, -0.2) is 5.84 Å². The van der Waals surface area contributed by atoms with E-state index in [1.54, 1.807) is 24.8 Å². The molecule has 0 aliphatic carbocycles. The molecule has 3 rings (SSSR count). The fraction of sp³-hybridized carbons (Fsp3) is 0. The van der Waals surface area contributed by atoms with E-state index in [9.17, 15) is 0 Å². The molecule has 2 N–H and O–H groups in total. The summed E-state index contributed by atoms with van der Waals surface area (Å²) in [6.45, 7) is 0. The zero-order chi connectivity index (χ0) is 13.3. The monoisotopic (exact) mass is 250 g/mol. The summed E-state index contributed by atoms with van der Waals surface area (Å²) >= 11 is 0. The minimum Gasteiger partial charge on any atom is -0.252 e. The van der Waals surface area contributed by atoms with E-state index in [0.29, 0.717) is 0 Å². The zero-order valence-corrected chi connectivity index (χ0v) is 10.6. The fourth-order valence-corrected chi connectivity index (χ4v) is 1.59. The molecule has 0 aliphatic rings. The Bertz CT molecular complexity index is 543. The van der Waals surface area contributed by atoms with E-state index in [1.807, 2.05) is 12.1 Å². The van der Waals surface area contributed by atoms with Gasteiger partial charge in [-0.1, -0.05) is 65.3 Å². The van der Waals surface area contributed by atoms with Crippen LogP contribution in [0.5, 0.6) is 0 Å². The second-order valence-electron chi connectivity index (χ2n) is 3.92. The van der Waals surface area contributed by atoms with E-state index >= 15 is 0 Å². The molecule has 0 spiro atoms. The van der Waals surface area contributed by atoms with Crippen LogP contribution in [0.2, 0.25) is 0 Å². The second-order valence-corrected chi connectivity index (χ2v) is 3.92. The highest BCUT2D eigenvalue weighted by atomic mass is 15.3. The van der Waals surface area contributed by atoms with Gasteiger partial charge in [0, 0.05) is 0 Å². The minimum absolute atomic E-state index is 1.28. The first kappa shape index (κ1) is 12.8. The van der Waals surface area contributed by atoms with Crippen molar-refractivity contribution in [1.82, 2.24) is 4.98 Å². The third-order valence-electron chi connectivity index (χ3n) is 2.53. The van der Waals surface area contributed by atoms with Gasteiger partial charge >= 0.3 is 0 Å². The molecule has 0 bridgehead atoms. The molecule has 0 fully saturated rings. The minimum atomic E-state index is 1.28. The second kappa shape index (κ2) is 6.91. The van der Waals surface area contributed by atoms with Crippen molar-refractivity contribution in [2.45, 2.75) is 0 Å². The standard InChI is InChI=1S/C12H10.C4H6N3/c1-3-7-11(8-4-1)12-9-5-2-6-10-12;5-7-3-1-6-2-4-7/h1-10H;1-4H,(H2,5,6)/q;+1. The third-order valence-corrected chi connectivity index (χ3v) is 2.53. The molecule has 0 unspecified atom stereocenters. The largest absolute Gasteiger partial charge is 0.252 e. The number of benzene rings is 2. The highest BCUT2D eigenvalue weighted by Gasteiger charge is 1.91. The van der Waals surface area contributed by atoms with Gasteiger partial charge in [-0.2, -0.15) is 0 Å². The summed E-state index contributed by atoms with van der Waals surface area (Å²) < 4.78 is 1.44. The van der Waals surface area contributed by atoms with Crippen LogP contribution in [0.4, 0.5) is 0 Å². The van der Waals surface area contributed by atoms with Crippen LogP contribution in [0.25, 0.3) is 11.1 Å². The molecule has 3 aromatic rings. The summed E-state index contributed by atoms with van der Waals surface area (Å²) in [6.07, 6.45) is 6.58. The molecule has 3 heteroatoms. The Hall–Kier alpha value is -2.68. The molecule has 94 valence electrons.